The van der Waals surface area contributed by atoms with Gasteiger partial charge >= 0.3 is 0 Å². The third-order valence-corrected chi connectivity index (χ3v) is 3.97. The van der Waals surface area contributed by atoms with Crippen LogP contribution in [0.5, 0.6) is 5.75 Å². The van der Waals surface area contributed by atoms with Crippen molar-refractivity contribution in [3.8, 4) is 5.75 Å². The van der Waals surface area contributed by atoms with Crippen LogP contribution in [-0.2, 0) is 6.42 Å². The number of aliphatic imine (C=N–C) groups is 1. The molecule has 1 aromatic carbocycles. The van der Waals surface area contributed by atoms with Gasteiger partial charge in [0.05, 0.1) is 12.8 Å². The molecule has 0 spiro atoms. The van der Waals surface area contributed by atoms with Crippen molar-refractivity contribution >= 4 is 23.0 Å². The summed E-state index contributed by atoms with van der Waals surface area (Å²) in [5.74, 6) is 1.63. The molecule has 112 valence electrons. The van der Waals surface area contributed by atoms with E-state index in [-0.39, 0.29) is 0 Å². The first-order valence-corrected chi connectivity index (χ1v) is 7.79. The molecular formula is C16H21N3OS. The number of nitrogens with one attached hydrogen (secondary N) is 1. The number of ether oxygens (including phenoxy) is 1. The summed E-state index contributed by atoms with van der Waals surface area (Å²) in [7, 11) is 1.64. The third-order valence-electron chi connectivity index (χ3n) is 3.07. The number of rotatable bonds is 6. The lowest BCUT2D eigenvalue weighted by molar-refractivity contribution is 0.417. The summed E-state index contributed by atoms with van der Waals surface area (Å²) in [5, 5.41) is 5.18. The summed E-state index contributed by atoms with van der Waals surface area (Å²) < 4.78 is 5.27. The van der Waals surface area contributed by atoms with E-state index in [2.05, 4.69) is 34.7 Å². The van der Waals surface area contributed by atoms with Crippen molar-refractivity contribution in [1.29, 1.82) is 0 Å². The van der Waals surface area contributed by atoms with E-state index in [1.165, 1.54) is 4.88 Å². The van der Waals surface area contributed by atoms with E-state index in [0.29, 0.717) is 18.4 Å². The lowest BCUT2D eigenvalue weighted by Crippen LogP contribution is -2.24. The molecule has 21 heavy (non-hydrogen) atoms. The molecule has 0 saturated heterocycles. The van der Waals surface area contributed by atoms with Crippen LogP contribution < -0.4 is 15.8 Å². The molecule has 4 nitrogen and oxygen atoms in total. The Morgan fingerprint density at radius 2 is 2.14 bits per heavy atom. The third kappa shape index (κ3) is 4.79. The highest BCUT2D eigenvalue weighted by Gasteiger charge is 2.05. The number of nitrogens with two attached hydrogens (primary N) is 1. The summed E-state index contributed by atoms with van der Waals surface area (Å²) >= 11 is 1.78. The highest BCUT2D eigenvalue weighted by Crippen LogP contribution is 2.22. The first kappa shape index (κ1) is 15.4. The standard InChI is InChI=1S/C16H21N3OS/c1-12(10-13-6-5-9-21-13)11-18-16(17)19-14-7-3-4-8-15(14)20-2/h3-9,12H,10-11H2,1-2H3,(H3,17,18,19). The average Bonchev–Trinajstić information content (AvgIpc) is 2.98. The Hall–Kier alpha value is -2.01. The summed E-state index contributed by atoms with van der Waals surface area (Å²) in [6, 6.07) is 11.9. The van der Waals surface area contributed by atoms with E-state index in [9.17, 15) is 0 Å². The molecule has 0 amide bonds. The van der Waals surface area contributed by atoms with E-state index < -0.39 is 0 Å². The fourth-order valence-corrected chi connectivity index (χ4v) is 2.89. The normalized spacial score (nSPS) is 13.0. The zero-order chi connectivity index (χ0) is 15.1. The molecule has 1 aromatic heterocycles. The van der Waals surface area contributed by atoms with E-state index in [0.717, 1.165) is 17.9 Å². The van der Waals surface area contributed by atoms with Gasteiger partial charge < -0.3 is 15.8 Å². The van der Waals surface area contributed by atoms with Gasteiger partial charge in [-0.3, -0.25) is 4.99 Å². The Morgan fingerprint density at radius 1 is 1.33 bits per heavy atom. The van der Waals surface area contributed by atoms with Gasteiger partial charge in [0.2, 0.25) is 0 Å². The molecule has 0 aliphatic carbocycles. The van der Waals surface area contributed by atoms with Gasteiger partial charge in [0, 0.05) is 11.4 Å². The number of hydrogen-bond acceptors (Lipinski definition) is 3. The minimum atomic E-state index is 0.414. The molecule has 1 heterocycles. The molecule has 2 aromatic rings. The van der Waals surface area contributed by atoms with Crippen LogP contribution in [0.25, 0.3) is 0 Å². The number of guanidine groups is 1. The van der Waals surface area contributed by atoms with E-state index in [1.54, 1.807) is 18.4 Å². The zero-order valence-electron chi connectivity index (χ0n) is 12.4. The van der Waals surface area contributed by atoms with Gasteiger partial charge in [-0.15, -0.1) is 11.3 Å². The van der Waals surface area contributed by atoms with Crippen molar-refractivity contribution in [2.45, 2.75) is 13.3 Å². The Morgan fingerprint density at radius 3 is 2.86 bits per heavy atom. The molecule has 5 heteroatoms. The molecule has 3 N–H and O–H groups in total. The highest BCUT2D eigenvalue weighted by molar-refractivity contribution is 7.09. The van der Waals surface area contributed by atoms with Gasteiger partial charge in [0.25, 0.3) is 0 Å². The second-order valence-corrected chi connectivity index (χ2v) is 5.97. The Bertz CT molecular complexity index is 581. The van der Waals surface area contributed by atoms with Crippen molar-refractivity contribution in [2.24, 2.45) is 16.6 Å². The highest BCUT2D eigenvalue weighted by atomic mass is 32.1. The molecule has 0 saturated carbocycles. The predicted octanol–water partition coefficient (Wildman–Crippen LogP) is 3.36. The molecule has 0 fully saturated rings. The summed E-state index contributed by atoms with van der Waals surface area (Å²) in [6.45, 7) is 2.88. The van der Waals surface area contributed by atoms with Crippen LogP contribution in [0.2, 0.25) is 0 Å². The first-order valence-electron chi connectivity index (χ1n) is 6.91. The Labute approximate surface area is 129 Å². The van der Waals surface area contributed by atoms with Crippen LogP contribution >= 0.6 is 11.3 Å². The fourth-order valence-electron chi connectivity index (χ4n) is 2.02. The monoisotopic (exact) mass is 303 g/mol. The van der Waals surface area contributed by atoms with Crippen molar-refractivity contribution in [1.82, 2.24) is 0 Å². The van der Waals surface area contributed by atoms with Gasteiger partial charge in [0.1, 0.15) is 5.75 Å². The van der Waals surface area contributed by atoms with E-state index >= 15 is 0 Å². The van der Waals surface area contributed by atoms with Gasteiger partial charge in [-0.1, -0.05) is 25.1 Å². The largest absolute Gasteiger partial charge is 0.495 e. The van der Waals surface area contributed by atoms with Crippen molar-refractivity contribution in [3.63, 3.8) is 0 Å². The molecule has 1 atom stereocenters. The van der Waals surface area contributed by atoms with Gasteiger partial charge in [0.15, 0.2) is 5.96 Å². The van der Waals surface area contributed by atoms with Crippen LogP contribution in [0.1, 0.15) is 11.8 Å². The van der Waals surface area contributed by atoms with Gasteiger partial charge in [-0.2, -0.15) is 0 Å². The fraction of sp³-hybridized carbons (Fsp3) is 0.312. The topological polar surface area (TPSA) is 59.6 Å². The van der Waals surface area contributed by atoms with Crippen LogP contribution in [0, 0.1) is 5.92 Å². The number of anilines is 1. The molecule has 0 bridgehead atoms. The molecular weight excluding hydrogens is 282 g/mol. The maximum atomic E-state index is 5.94. The molecule has 2 rings (SSSR count). The maximum Gasteiger partial charge on any atom is 0.193 e. The van der Waals surface area contributed by atoms with Crippen molar-refractivity contribution < 1.29 is 4.74 Å². The lowest BCUT2D eigenvalue weighted by atomic mass is 10.1. The number of benzene rings is 1. The average molecular weight is 303 g/mol. The number of nitrogens with zero attached hydrogens (tertiary/aromatic N) is 1. The summed E-state index contributed by atoms with van der Waals surface area (Å²) in [5.41, 5.74) is 6.76. The maximum absolute atomic E-state index is 5.94. The number of thiophene rings is 1. The number of para-hydroxylation sites is 2. The van der Waals surface area contributed by atoms with Crippen molar-refractivity contribution in [2.75, 3.05) is 19.0 Å². The second kappa shape index (κ2) is 7.69. The molecule has 0 radical (unpaired) electrons. The van der Waals surface area contributed by atoms with Gasteiger partial charge in [-0.05, 0) is 35.9 Å². The Balaban J connectivity index is 1.89. The second-order valence-electron chi connectivity index (χ2n) is 4.94. The van der Waals surface area contributed by atoms with Crippen LogP contribution in [0.4, 0.5) is 5.69 Å². The first-order chi connectivity index (χ1) is 10.2. The SMILES string of the molecule is COc1ccccc1NC(N)=NCC(C)Cc1cccs1. The number of methoxy groups -OCH3 is 1. The van der Waals surface area contributed by atoms with Crippen molar-refractivity contribution in [3.05, 3.63) is 46.7 Å². The predicted molar refractivity (Wildman–Crippen MR) is 90.3 cm³/mol. The molecule has 0 aliphatic rings. The minimum Gasteiger partial charge on any atom is -0.495 e. The molecule has 1 unspecified atom stereocenters. The summed E-state index contributed by atoms with van der Waals surface area (Å²) in [4.78, 5) is 5.79. The minimum absolute atomic E-state index is 0.414. The molecule has 0 aliphatic heterocycles. The van der Waals surface area contributed by atoms with Gasteiger partial charge in [-0.25, -0.2) is 0 Å². The zero-order valence-corrected chi connectivity index (χ0v) is 13.2. The smallest absolute Gasteiger partial charge is 0.193 e. The quantitative estimate of drug-likeness (QED) is 0.635. The van der Waals surface area contributed by atoms with Crippen LogP contribution in [0.15, 0.2) is 46.8 Å². The Kier molecular flexibility index (Phi) is 5.63. The van der Waals surface area contributed by atoms with Crippen LogP contribution in [0.3, 0.4) is 0 Å². The van der Waals surface area contributed by atoms with E-state index in [4.69, 9.17) is 10.5 Å². The summed E-state index contributed by atoms with van der Waals surface area (Å²) in [6.07, 6.45) is 1.03. The lowest BCUT2D eigenvalue weighted by Gasteiger charge is -2.11. The number of hydrogen-bond donors (Lipinski definition) is 2. The van der Waals surface area contributed by atoms with E-state index in [1.807, 2.05) is 24.3 Å². The van der Waals surface area contributed by atoms with Crippen LogP contribution in [-0.4, -0.2) is 19.6 Å².